The van der Waals surface area contributed by atoms with Gasteiger partial charge in [-0.2, -0.15) is 0 Å². The molecule has 0 aliphatic rings. The highest BCUT2D eigenvalue weighted by Crippen LogP contribution is 2.29. The molecule has 0 saturated heterocycles. The van der Waals surface area contributed by atoms with Crippen molar-refractivity contribution in [2.45, 2.75) is 58.2 Å². The smallest absolute Gasteiger partial charge is 0.217 e. The second-order valence-corrected chi connectivity index (χ2v) is 8.49. The van der Waals surface area contributed by atoms with Crippen molar-refractivity contribution in [2.24, 2.45) is 0 Å². The van der Waals surface area contributed by atoms with Crippen LogP contribution in [0.1, 0.15) is 52.7 Å². The van der Waals surface area contributed by atoms with Gasteiger partial charge in [0.2, 0.25) is 9.04 Å². The fourth-order valence-corrected chi connectivity index (χ4v) is 4.67. The minimum atomic E-state index is -0.737. The lowest BCUT2D eigenvalue weighted by molar-refractivity contribution is 0.192. The van der Waals surface area contributed by atoms with Crippen molar-refractivity contribution in [1.29, 1.82) is 0 Å². The second kappa shape index (κ2) is 6.97. The predicted molar refractivity (Wildman–Crippen MR) is 76.5 cm³/mol. The molecule has 0 aromatic heterocycles. The maximum atomic E-state index is 6.41. The molecule has 1 unspecified atom stereocenters. The SMILES string of the molecule is CCC(O[Si](C(C)C)C(C)C)c1ccccc1. The van der Waals surface area contributed by atoms with E-state index >= 15 is 0 Å². The van der Waals surface area contributed by atoms with Crippen molar-refractivity contribution in [1.82, 2.24) is 0 Å². The van der Waals surface area contributed by atoms with Crippen LogP contribution in [0.3, 0.4) is 0 Å². The number of rotatable bonds is 6. The Kier molecular flexibility index (Phi) is 5.93. The Bertz CT molecular complexity index is 300. The van der Waals surface area contributed by atoms with Crippen LogP contribution in [-0.2, 0) is 4.43 Å². The zero-order valence-electron chi connectivity index (χ0n) is 11.7. The van der Waals surface area contributed by atoms with E-state index in [4.69, 9.17) is 4.43 Å². The van der Waals surface area contributed by atoms with E-state index in [-0.39, 0.29) is 6.10 Å². The number of hydrogen-bond acceptors (Lipinski definition) is 1. The lowest BCUT2D eigenvalue weighted by atomic mass is 10.1. The average molecular weight is 249 g/mol. The summed E-state index contributed by atoms with van der Waals surface area (Å²) in [6, 6.07) is 10.6. The second-order valence-electron chi connectivity index (χ2n) is 5.14. The van der Waals surface area contributed by atoms with Gasteiger partial charge in [-0.05, 0) is 23.1 Å². The highest BCUT2D eigenvalue weighted by Gasteiger charge is 2.25. The quantitative estimate of drug-likeness (QED) is 0.647. The van der Waals surface area contributed by atoms with Gasteiger partial charge in [-0.25, -0.2) is 0 Å². The summed E-state index contributed by atoms with van der Waals surface area (Å²) in [7, 11) is -0.737. The molecule has 0 heterocycles. The Labute approximate surface area is 108 Å². The number of hydrogen-bond donors (Lipinski definition) is 0. The van der Waals surface area contributed by atoms with Gasteiger partial charge in [0.25, 0.3) is 0 Å². The monoisotopic (exact) mass is 249 g/mol. The molecule has 1 rings (SSSR count). The normalized spacial score (nSPS) is 13.6. The van der Waals surface area contributed by atoms with E-state index in [1.165, 1.54) is 5.56 Å². The van der Waals surface area contributed by atoms with Crippen molar-refractivity contribution < 1.29 is 4.43 Å². The molecular formula is C15H25OSi. The Morgan fingerprint density at radius 2 is 1.53 bits per heavy atom. The van der Waals surface area contributed by atoms with Gasteiger partial charge < -0.3 is 4.43 Å². The molecule has 17 heavy (non-hydrogen) atoms. The zero-order valence-corrected chi connectivity index (χ0v) is 12.7. The molecule has 1 atom stereocenters. The van der Waals surface area contributed by atoms with Gasteiger partial charge in [-0.15, -0.1) is 0 Å². The van der Waals surface area contributed by atoms with Crippen LogP contribution in [0.5, 0.6) is 0 Å². The largest absolute Gasteiger partial charge is 0.409 e. The van der Waals surface area contributed by atoms with Gasteiger partial charge in [0.05, 0.1) is 6.10 Å². The van der Waals surface area contributed by atoms with Crippen LogP contribution in [0.15, 0.2) is 30.3 Å². The fourth-order valence-electron chi connectivity index (χ4n) is 2.16. The molecule has 0 bridgehead atoms. The zero-order chi connectivity index (χ0) is 12.8. The molecule has 1 radical (unpaired) electrons. The molecule has 0 N–H and O–H groups in total. The van der Waals surface area contributed by atoms with E-state index in [2.05, 4.69) is 65.0 Å². The first-order chi connectivity index (χ1) is 8.06. The Morgan fingerprint density at radius 3 is 1.94 bits per heavy atom. The maximum Gasteiger partial charge on any atom is 0.217 e. The average Bonchev–Trinajstić information content (AvgIpc) is 2.30. The summed E-state index contributed by atoms with van der Waals surface area (Å²) in [5.74, 6) is 0. The van der Waals surface area contributed by atoms with Gasteiger partial charge >= 0.3 is 0 Å². The van der Waals surface area contributed by atoms with E-state index in [0.29, 0.717) is 11.1 Å². The van der Waals surface area contributed by atoms with E-state index in [1.807, 2.05) is 0 Å². The molecule has 1 nitrogen and oxygen atoms in total. The van der Waals surface area contributed by atoms with Gasteiger partial charge in [-0.1, -0.05) is 65.0 Å². The molecule has 0 amide bonds. The summed E-state index contributed by atoms with van der Waals surface area (Å²) in [5.41, 5.74) is 2.65. The van der Waals surface area contributed by atoms with Crippen LogP contribution in [0, 0.1) is 0 Å². The van der Waals surface area contributed by atoms with Crippen LogP contribution in [0.2, 0.25) is 11.1 Å². The minimum absolute atomic E-state index is 0.273. The van der Waals surface area contributed by atoms with Gasteiger partial charge in [-0.3, -0.25) is 0 Å². The molecule has 1 aromatic carbocycles. The summed E-state index contributed by atoms with van der Waals surface area (Å²) in [4.78, 5) is 0. The molecule has 0 fully saturated rings. The molecular weight excluding hydrogens is 224 g/mol. The van der Waals surface area contributed by atoms with E-state index in [1.54, 1.807) is 0 Å². The maximum absolute atomic E-state index is 6.41. The van der Waals surface area contributed by atoms with Crippen molar-refractivity contribution >= 4 is 9.04 Å². The highest BCUT2D eigenvalue weighted by molar-refractivity contribution is 6.55. The molecule has 0 spiro atoms. The first-order valence-electron chi connectivity index (χ1n) is 6.64. The van der Waals surface area contributed by atoms with Gasteiger partial charge in [0, 0.05) is 0 Å². The van der Waals surface area contributed by atoms with Crippen LogP contribution in [0.25, 0.3) is 0 Å². The molecule has 2 heteroatoms. The molecule has 0 saturated carbocycles. The summed E-state index contributed by atoms with van der Waals surface area (Å²) in [5, 5.41) is 0. The summed E-state index contributed by atoms with van der Waals surface area (Å²) < 4.78 is 6.41. The van der Waals surface area contributed by atoms with Crippen LogP contribution >= 0.6 is 0 Å². The van der Waals surface area contributed by atoms with Crippen LogP contribution in [-0.4, -0.2) is 9.04 Å². The summed E-state index contributed by atoms with van der Waals surface area (Å²) in [6.07, 6.45) is 1.33. The van der Waals surface area contributed by atoms with Crippen molar-refractivity contribution in [3.8, 4) is 0 Å². The van der Waals surface area contributed by atoms with E-state index in [9.17, 15) is 0 Å². The minimum Gasteiger partial charge on any atom is -0.409 e. The lowest BCUT2D eigenvalue weighted by Crippen LogP contribution is -2.27. The molecule has 1 aromatic rings. The topological polar surface area (TPSA) is 9.23 Å². The third-order valence-electron chi connectivity index (χ3n) is 2.96. The van der Waals surface area contributed by atoms with E-state index in [0.717, 1.165) is 6.42 Å². The standard InChI is InChI=1S/C15H25OSi/c1-6-15(14-10-8-7-9-11-14)16-17(12(2)3)13(4)5/h7-13,15H,6H2,1-5H3. The highest BCUT2D eigenvalue weighted by atomic mass is 28.3. The number of benzene rings is 1. The van der Waals surface area contributed by atoms with Crippen LogP contribution < -0.4 is 0 Å². The third kappa shape index (κ3) is 4.28. The van der Waals surface area contributed by atoms with Gasteiger partial charge in [0.1, 0.15) is 0 Å². The first kappa shape index (κ1) is 14.5. The van der Waals surface area contributed by atoms with Crippen molar-refractivity contribution in [2.75, 3.05) is 0 Å². The fraction of sp³-hybridized carbons (Fsp3) is 0.600. The summed E-state index contributed by atoms with van der Waals surface area (Å²) in [6.45, 7) is 11.3. The Morgan fingerprint density at radius 1 is 1.00 bits per heavy atom. The molecule has 0 aliphatic heterocycles. The summed E-state index contributed by atoms with van der Waals surface area (Å²) >= 11 is 0. The lowest BCUT2D eigenvalue weighted by Gasteiger charge is -2.28. The first-order valence-corrected chi connectivity index (χ1v) is 8.20. The molecule has 0 aliphatic carbocycles. The molecule has 95 valence electrons. The van der Waals surface area contributed by atoms with Crippen molar-refractivity contribution in [3.63, 3.8) is 0 Å². The van der Waals surface area contributed by atoms with Gasteiger partial charge in [0.15, 0.2) is 0 Å². The predicted octanol–water partition coefficient (Wildman–Crippen LogP) is 4.97. The third-order valence-corrected chi connectivity index (χ3v) is 5.79. The van der Waals surface area contributed by atoms with E-state index < -0.39 is 9.04 Å². The van der Waals surface area contributed by atoms with Crippen molar-refractivity contribution in [3.05, 3.63) is 35.9 Å². The Balaban J connectivity index is 2.75. The van der Waals surface area contributed by atoms with Crippen LogP contribution in [0.4, 0.5) is 0 Å². The Hall–Kier alpha value is -0.603.